The summed E-state index contributed by atoms with van der Waals surface area (Å²) in [5, 5.41) is 11.4. The molecule has 33 heavy (non-hydrogen) atoms. The molecule has 0 saturated carbocycles. The van der Waals surface area contributed by atoms with Crippen molar-refractivity contribution in [1.82, 2.24) is 8.87 Å². The molecular weight excluding hydrogens is 458 g/mol. The van der Waals surface area contributed by atoms with Gasteiger partial charge in [-0.2, -0.15) is 4.31 Å². The molecule has 1 heterocycles. The molecule has 0 fully saturated rings. The molecule has 0 radical (unpaired) electrons. The van der Waals surface area contributed by atoms with Crippen LogP contribution in [0.2, 0.25) is 0 Å². The Morgan fingerprint density at radius 3 is 2.27 bits per heavy atom. The molecule has 0 bridgehead atoms. The number of ether oxygens (including phenoxy) is 1. The molecule has 3 aromatic rings. The summed E-state index contributed by atoms with van der Waals surface area (Å²) in [5.74, 6) is 0.802. The van der Waals surface area contributed by atoms with Gasteiger partial charge in [0.05, 0.1) is 22.9 Å². The number of rotatable bonds is 11. The van der Waals surface area contributed by atoms with Crippen LogP contribution in [0.5, 0.6) is 5.75 Å². The third-order valence-electron chi connectivity index (χ3n) is 5.20. The Hall–Kier alpha value is -2.46. The maximum atomic E-state index is 12.8. The third-order valence-corrected chi connectivity index (χ3v) is 8.13. The average Bonchev–Trinajstić information content (AvgIpc) is 3.22. The standard InChI is InChI=1S/C24H31N3O4S2/c1-4-26(5-2)33(29,30)22-14-8-19(9-15-22)23-18-32-24(27(23)16-7-17-28)25-20-10-12-21(13-11-20)31-6-3/h8-15,18,28H,4-7,16-17H2,1-3H3. The summed E-state index contributed by atoms with van der Waals surface area (Å²) in [6.07, 6.45) is 0.592. The van der Waals surface area contributed by atoms with Crippen molar-refractivity contribution in [2.24, 2.45) is 4.99 Å². The third kappa shape index (κ3) is 5.92. The minimum atomic E-state index is -3.50. The number of aliphatic hydroxyl groups excluding tert-OH is 1. The number of hydrogen-bond donors (Lipinski definition) is 1. The number of hydrogen-bond acceptors (Lipinski definition) is 6. The van der Waals surface area contributed by atoms with E-state index in [1.54, 1.807) is 12.1 Å². The van der Waals surface area contributed by atoms with Crippen LogP contribution in [0.4, 0.5) is 5.69 Å². The van der Waals surface area contributed by atoms with Crippen LogP contribution in [0, 0.1) is 0 Å². The SMILES string of the molecule is CCOc1ccc(N=c2scc(-c3ccc(S(=O)(=O)N(CC)CC)cc3)n2CCCO)cc1. The molecule has 3 rings (SSSR count). The van der Waals surface area contributed by atoms with Crippen molar-refractivity contribution in [3.8, 4) is 17.0 Å². The van der Waals surface area contributed by atoms with E-state index in [1.807, 2.05) is 62.5 Å². The minimum absolute atomic E-state index is 0.0752. The van der Waals surface area contributed by atoms with Crippen LogP contribution in [-0.2, 0) is 16.6 Å². The summed E-state index contributed by atoms with van der Waals surface area (Å²) >= 11 is 1.51. The molecule has 178 valence electrons. The summed E-state index contributed by atoms with van der Waals surface area (Å²) < 4.78 is 34.6. The van der Waals surface area contributed by atoms with E-state index in [2.05, 4.69) is 4.57 Å². The van der Waals surface area contributed by atoms with E-state index >= 15 is 0 Å². The molecule has 1 N–H and O–H groups in total. The normalized spacial score (nSPS) is 12.5. The molecule has 0 unspecified atom stereocenters. The van der Waals surface area contributed by atoms with Gasteiger partial charge in [0.15, 0.2) is 4.80 Å². The Morgan fingerprint density at radius 1 is 1.03 bits per heavy atom. The second kappa shape index (κ2) is 11.6. The summed E-state index contributed by atoms with van der Waals surface area (Å²) in [6, 6.07) is 14.6. The monoisotopic (exact) mass is 489 g/mol. The van der Waals surface area contributed by atoms with Gasteiger partial charge >= 0.3 is 0 Å². The van der Waals surface area contributed by atoms with Gasteiger partial charge in [-0.1, -0.05) is 26.0 Å². The highest BCUT2D eigenvalue weighted by atomic mass is 32.2. The molecule has 2 aromatic carbocycles. The first-order valence-electron chi connectivity index (χ1n) is 11.1. The van der Waals surface area contributed by atoms with E-state index in [4.69, 9.17) is 9.73 Å². The highest BCUT2D eigenvalue weighted by molar-refractivity contribution is 7.89. The fourth-order valence-corrected chi connectivity index (χ4v) is 5.91. The van der Waals surface area contributed by atoms with Crippen molar-refractivity contribution in [1.29, 1.82) is 0 Å². The summed E-state index contributed by atoms with van der Waals surface area (Å²) in [5.41, 5.74) is 2.64. The van der Waals surface area contributed by atoms with E-state index < -0.39 is 10.0 Å². The highest BCUT2D eigenvalue weighted by Crippen LogP contribution is 2.25. The second-order valence-electron chi connectivity index (χ2n) is 7.28. The number of sulfonamides is 1. The number of thiazole rings is 1. The topological polar surface area (TPSA) is 84.1 Å². The number of nitrogens with zero attached hydrogens (tertiary/aromatic N) is 3. The van der Waals surface area contributed by atoms with Gasteiger partial charge in [-0.05, 0) is 55.3 Å². The number of aromatic nitrogens is 1. The molecule has 0 saturated heterocycles. The molecule has 0 aliphatic rings. The van der Waals surface area contributed by atoms with Gasteiger partial charge in [-0.25, -0.2) is 13.4 Å². The quantitative estimate of drug-likeness (QED) is 0.436. The minimum Gasteiger partial charge on any atom is -0.494 e. The van der Waals surface area contributed by atoms with Gasteiger partial charge in [0, 0.05) is 31.6 Å². The van der Waals surface area contributed by atoms with Crippen LogP contribution < -0.4 is 9.54 Å². The molecule has 0 aliphatic carbocycles. The molecule has 9 heteroatoms. The molecule has 7 nitrogen and oxygen atoms in total. The lowest BCUT2D eigenvalue weighted by atomic mass is 10.2. The van der Waals surface area contributed by atoms with Crippen molar-refractivity contribution in [2.45, 2.75) is 38.6 Å². The molecule has 0 spiro atoms. The Labute approximate surface area is 199 Å². The molecule has 1 aromatic heterocycles. The maximum absolute atomic E-state index is 12.8. The van der Waals surface area contributed by atoms with Gasteiger partial charge in [0.25, 0.3) is 0 Å². The summed E-state index contributed by atoms with van der Waals surface area (Å²) in [4.78, 5) is 5.88. The van der Waals surface area contributed by atoms with E-state index in [1.165, 1.54) is 15.6 Å². The smallest absolute Gasteiger partial charge is 0.243 e. The first-order chi connectivity index (χ1) is 15.9. The van der Waals surface area contributed by atoms with Crippen molar-refractivity contribution in [2.75, 3.05) is 26.3 Å². The van der Waals surface area contributed by atoms with E-state index in [9.17, 15) is 13.5 Å². The van der Waals surface area contributed by atoms with Crippen LogP contribution >= 0.6 is 11.3 Å². The lowest BCUT2D eigenvalue weighted by Gasteiger charge is -2.18. The average molecular weight is 490 g/mol. The molecule has 0 atom stereocenters. The van der Waals surface area contributed by atoms with Crippen molar-refractivity contribution in [3.05, 3.63) is 58.7 Å². The van der Waals surface area contributed by atoms with E-state index in [0.717, 1.165) is 27.5 Å². The van der Waals surface area contributed by atoms with Crippen molar-refractivity contribution >= 4 is 27.0 Å². The van der Waals surface area contributed by atoms with Gasteiger partial charge < -0.3 is 14.4 Å². The van der Waals surface area contributed by atoms with Gasteiger partial charge in [0.1, 0.15) is 5.75 Å². The second-order valence-corrected chi connectivity index (χ2v) is 10.1. The molecule has 0 aliphatic heterocycles. The number of aliphatic hydroxyl groups is 1. The predicted molar refractivity (Wildman–Crippen MR) is 132 cm³/mol. The number of benzene rings is 2. The Balaban J connectivity index is 1.97. The lowest BCUT2D eigenvalue weighted by Crippen LogP contribution is -2.30. The Bertz CT molecular complexity index is 1190. The van der Waals surface area contributed by atoms with Crippen LogP contribution in [0.1, 0.15) is 27.2 Å². The summed E-state index contributed by atoms with van der Waals surface area (Å²) in [6.45, 7) is 7.77. The van der Waals surface area contributed by atoms with Gasteiger partial charge in [0.2, 0.25) is 10.0 Å². The Morgan fingerprint density at radius 2 is 1.70 bits per heavy atom. The fourth-order valence-electron chi connectivity index (χ4n) is 3.50. The lowest BCUT2D eigenvalue weighted by molar-refractivity contribution is 0.279. The summed E-state index contributed by atoms with van der Waals surface area (Å²) in [7, 11) is -3.50. The predicted octanol–water partition coefficient (Wildman–Crippen LogP) is 4.26. The zero-order valence-corrected chi connectivity index (χ0v) is 20.9. The van der Waals surface area contributed by atoms with Crippen LogP contribution in [0.3, 0.4) is 0 Å². The highest BCUT2D eigenvalue weighted by Gasteiger charge is 2.21. The van der Waals surface area contributed by atoms with Crippen LogP contribution in [0.25, 0.3) is 11.3 Å². The Kier molecular flexibility index (Phi) is 8.85. The van der Waals surface area contributed by atoms with Gasteiger partial charge in [-0.3, -0.25) is 0 Å². The fraction of sp³-hybridized carbons (Fsp3) is 0.375. The first kappa shape index (κ1) is 25.2. The van der Waals surface area contributed by atoms with E-state index in [0.29, 0.717) is 32.7 Å². The van der Waals surface area contributed by atoms with Gasteiger partial charge in [-0.15, -0.1) is 11.3 Å². The van der Waals surface area contributed by atoms with Crippen LogP contribution in [0.15, 0.2) is 63.8 Å². The molecule has 0 amide bonds. The zero-order chi connectivity index (χ0) is 23.8. The molecular formula is C24H31N3O4S2. The maximum Gasteiger partial charge on any atom is 0.243 e. The first-order valence-corrected chi connectivity index (χ1v) is 13.4. The van der Waals surface area contributed by atoms with Crippen molar-refractivity contribution in [3.63, 3.8) is 0 Å². The van der Waals surface area contributed by atoms with Crippen LogP contribution in [-0.4, -0.2) is 48.7 Å². The van der Waals surface area contributed by atoms with E-state index in [-0.39, 0.29) is 11.5 Å². The zero-order valence-electron chi connectivity index (χ0n) is 19.3. The largest absolute Gasteiger partial charge is 0.494 e. The van der Waals surface area contributed by atoms with Crippen molar-refractivity contribution < 1.29 is 18.3 Å².